The average molecular weight is 380 g/mol. The number of aryl methyl sites for hydroxylation is 1. The van der Waals surface area contributed by atoms with Gasteiger partial charge in [0.05, 0.1) is 18.4 Å². The SMILES string of the molecule is COc1cc(C)nc(NC(=O)NS(=O)(=O)Cc2ccccc2C(=O)O)n1. The fourth-order valence-electron chi connectivity index (χ4n) is 2.06. The van der Waals surface area contributed by atoms with E-state index in [1.165, 1.54) is 37.4 Å². The molecule has 0 aliphatic carbocycles. The van der Waals surface area contributed by atoms with Gasteiger partial charge < -0.3 is 9.84 Å². The molecule has 2 rings (SSSR count). The van der Waals surface area contributed by atoms with Gasteiger partial charge in [-0.1, -0.05) is 18.2 Å². The van der Waals surface area contributed by atoms with E-state index >= 15 is 0 Å². The summed E-state index contributed by atoms with van der Waals surface area (Å²) >= 11 is 0. The number of nitrogens with zero attached hydrogens (tertiary/aromatic N) is 2. The minimum atomic E-state index is -4.15. The Morgan fingerprint density at radius 2 is 1.92 bits per heavy atom. The number of hydrogen-bond acceptors (Lipinski definition) is 7. The summed E-state index contributed by atoms with van der Waals surface area (Å²) in [4.78, 5) is 30.9. The van der Waals surface area contributed by atoms with Gasteiger partial charge in [0, 0.05) is 11.8 Å². The molecule has 2 amide bonds. The zero-order valence-corrected chi connectivity index (χ0v) is 14.7. The molecule has 1 aromatic carbocycles. The summed E-state index contributed by atoms with van der Waals surface area (Å²) in [6.07, 6.45) is 0. The van der Waals surface area contributed by atoms with E-state index in [2.05, 4.69) is 15.3 Å². The fraction of sp³-hybridized carbons (Fsp3) is 0.200. The number of ether oxygens (including phenoxy) is 1. The smallest absolute Gasteiger partial charge is 0.335 e. The van der Waals surface area contributed by atoms with Crippen LogP contribution in [0.25, 0.3) is 0 Å². The highest BCUT2D eigenvalue weighted by Crippen LogP contribution is 2.13. The van der Waals surface area contributed by atoms with Crippen molar-refractivity contribution in [3.05, 3.63) is 47.2 Å². The van der Waals surface area contributed by atoms with Crippen molar-refractivity contribution in [1.29, 1.82) is 0 Å². The Kier molecular flexibility index (Phi) is 5.72. The van der Waals surface area contributed by atoms with Crippen molar-refractivity contribution < 1.29 is 27.9 Å². The van der Waals surface area contributed by atoms with E-state index in [4.69, 9.17) is 9.84 Å². The van der Waals surface area contributed by atoms with Crippen molar-refractivity contribution in [3.63, 3.8) is 0 Å². The highest BCUT2D eigenvalue weighted by molar-refractivity contribution is 7.89. The number of aromatic nitrogens is 2. The van der Waals surface area contributed by atoms with Crippen LogP contribution in [0.4, 0.5) is 10.7 Å². The number of amides is 2. The van der Waals surface area contributed by atoms with Crippen LogP contribution in [-0.2, 0) is 15.8 Å². The lowest BCUT2D eigenvalue weighted by atomic mass is 10.1. The van der Waals surface area contributed by atoms with Gasteiger partial charge in [0.2, 0.25) is 21.9 Å². The minimum absolute atomic E-state index is 0.0498. The van der Waals surface area contributed by atoms with Gasteiger partial charge in [0.25, 0.3) is 0 Å². The van der Waals surface area contributed by atoms with E-state index < -0.39 is 27.8 Å². The monoisotopic (exact) mass is 380 g/mol. The van der Waals surface area contributed by atoms with Crippen LogP contribution in [0, 0.1) is 6.92 Å². The second-order valence-electron chi connectivity index (χ2n) is 5.15. The molecule has 0 spiro atoms. The maximum atomic E-state index is 12.1. The quantitative estimate of drug-likeness (QED) is 0.676. The Bertz CT molecular complexity index is 945. The van der Waals surface area contributed by atoms with Crippen molar-refractivity contribution >= 4 is 28.0 Å². The molecule has 10 nitrogen and oxygen atoms in total. The van der Waals surface area contributed by atoms with Gasteiger partial charge in [-0.2, -0.15) is 4.98 Å². The number of anilines is 1. The van der Waals surface area contributed by atoms with Crippen LogP contribution in [0.1, 0.15) is 21.6 Å². The van der Waals surface area contributed by atoms with Gasteiger partial charge in [-0.3, -0.25) is 5.32 Å². The molecule has 0 saturated carbocycles. The molecule has 11 heteroatoms. The lowest BCUT2D eigenvalue weighted by molar-refractivity contribution is 0.0696. The number of sulfonamides is 1. The summed E-state index contributed by atoms with van der Waals surface area (Å²) in [6.45, 7) is 1.65. The Labute approximate surface area is 149 Å². The molecule has 0 atom stereocenters. The van der Waals surface area contributed by atoms with E-state index in [0.717, 1.165) is 0 Å². The first-order valence-electron chi connectivity index (χ1n) is 7.22. The van der Waals surface area contributed by atoms with E-state index in [0.29, 0.717) is 5.69 Å². The van der Waals surface area contributed by atoms with Gasteiger partial charge >= 0.3 is 12.0 Å². The molecular weight excluding hydrogens is 364 g/mol. The molecule has 0 saturated heterocycles. The van der Waals surface area contributed by atoms with Crippen molar-refractivity contribution in [2.75, 3.05) is 12.4 Å². The Hall–Kier alpha value is -3.21. The van der Waals surface area contributed by atoms with Gasteiger partial charge in [-0.15, -0.1) is 0 Å². The number of hydrogen-bond donors (Lipinski definition) is 3. The molecule has 3 N–H and O–H groups in total. The summed E-state index contributed by atoms with van der Waals surface area (Å²) in [7, 11) is -2.76. The highest BCUT2D eigenvalue weighted by Gasteiger charge is 2.20. The number of carboxylic acid groups (broad SMARTS) is 1. The normalized spacial score (nSPS) is 10.8. The molecule has 2 aromatic rings. The van der Waals surface area contributed by atoms with Gasteiger partial charge in [0.1, 0.15) is 0 Å². The molecule has 0 aliphatic heterocycles. The lowest BCUT2D eigenvalue weighted by Crippen LogP contribution is -2.36. The lowest BCUT2D eigenvalue weighted by Gasteiger charge is -2.10. The first kappa shape index (κ1) is 19.1. The van der Waals surface area contributed by atoms with Crippen LogP contribution < -0.4 is 14.8 Å². The maximum absolute atomic E-state index is 12.1. The van der Waals surface area contributed by atoms with E-state index in [1.807, 2.05) is 0 Å². The van der Waals surface area contributed by atoms with Crippen molar-refractivity contribution in [1.82, 2.24) is 14.7 Å². The fourth-order valence-corrected chi connectivity index (χ4v) is 3.13. The average Bonchev–Trinajstić information content (AvgIpc) is 2.53. The van der Waals surface area contributed by atoms with Crippen LogP contribution in [0.5, 0.6) is 5.88 Å². The van der Waals surface area contributed by atoms with E-state index in [1.54, 1.807) is 11.6 Å². The minimum Gasteiger partial charge on any atom is -0.481 e. The second-order valence-corrected chi connectivity index (χ2v) is 6.88. The first-order valence-corrected chi connectivity index (χ1v) is 8.88. The predicted octanol–water partition coefficient (Wildman–Crippen LogP) is 1.14. The van der Waals surface area contributed by atoms with Crippen LogP contribution in [0.3, 0.4) is 0 Å². The van der Waals surface area contributed by atoms with Gasteiger partial charge in [-0.25, -0.2) is 27.7 Å². The maximum Gasteiger partial charge on any atom is 0.335 e. The topological polar surface area (TPSA) is 148 Å². The third-order valence-corrected chi connectivity index (χ3v) is 4.29. The zero-order chi connectivity index (χ0) is 19.3. The van der Waals surface area contributed by atoms with E-state index in [9.17, 15) is 18.0 Å². The standard InChI is InChI=1S/C15H16N4O6S/c1-9-7-12(25-2)17-14(16-9)18-15(22)19-26(23,24)8-10-5-3-4-6-11(10)13(20)21/h3-7H,8H2,1-2H3,(H,20,21)(H2,16,17,18,19,22). The number of aromatic carboxylic acids is 1. The number of urea groups is 1. The molecule has 1 heterocycles. The van der Waals surface area contributed by atoms with Crippen LogP contribution in [-0.4, -0.2) is 42.6 Å². The van der Waals surface area contributed by atoms with Gasteiger partial charge in [0.15, 0.2) is 0 Å². The Balaban J connectivity index is 2.11. The molecule has 1 aromatic heterocycles. The summed E-state index contributed by atoms with van der Waals surface area (Å²) in [5.74, 6) is -1.88. The van der Waals surface area contributed by atoms with Crippen LogP contribution in [0.15, 0.2) is 30.3 Å². The number of rotatable bonds is 6. The molecule has 0 fully saturated rings. The molecule has 26 heavy (non-hydrogen) atoms. The van der Waals surface area contributed by atoms with Gasteiger partial charge in [-0.05, 0) is 18.6 Å². The number of methoxy groups -OCH3 is 1. The summed E-state index contributed by atoms with van der Waals surface area (Å²) in [5, 5.41) is 11.3. The summed E-state index contributed by atoms with van der Waals surface area (Å²) in [6, 6.07) is 6.06. The number of nitrogens with one attached hydrogen (secondary N) is 2. The van der Waals surface area contributed by atoms with Crippen molar-refractivity contribution in [2.45, 2.75) is 12.7 Å². The van der Waals surface area contributed by atoms with E-state index in [-0.39, 0.29) is 23.0 Å². The molecule has 0 aliphatic rings. The third-order valence-electron chi connectivity index (χ3n) is 3.11. The molecular formula is C15H16N4O6S. The first-order chi connectivity index (χ1) is 12.2. The third kappa shape index (κ3) is 5.14. The Morgan fingerprint density at radius 1 is 1.23 bits per heavy atom. The highest BCUT2D eigenvalue weighted by atomic mass is 32.2. The zero-order valence-electron chi connectivity index (χ0n) is 13.9. The molecule has 138 valence electrons. The Morgan fingerprint density at radius 3 is 2.58 bits per heavy atom. The second kappa shape index (κ2) is 7.78. The number of carbonyl (C=O) groups excluding carboxylic acids is 1. The summed E-state index contributed by atoms with van der Waals surface area (Å²) in [5.41, 5.74) is 0.393. The molecule has 0 bridgehead atoms. The molecule has 0 unspecified atom stereocenters. The molecule has 0 radical (unpaired) electrons. The van der Waals surface area contributed by atoms with Crippen LogP contribution >= 0.6 is 0 Å². The number of benzene rings is 1. The van der Waals surface area contributed by atoms with Crippen molar-refractivity contribution in [2.24, 2.45) is 0 Å². The predicted molar refractivity (Wildman–Crippen MR) is 91.5 cm³/mol. The van der Waals surface area contributed by atoms with Crippen LogP contribution in [0.2, 0.25) is 0 Å². The van der Waals surface area contributed by atoms with Crippen molar-refractivity contribution in [3.8, 4) is 5.88 Å². The number of carbonyl (C=O) groups is 2. The summed E-state index contributed by atoms with van der Waals surface area (Å²) < 4.78 is 31.0. The largest absolute Gasteiger partial charge is 0.481 e. The number of carboxylic acids is 1.